The molecule has 0 saturated carbocycles. The summed E-state index contributed by atoms with van der Waals surface area (Å²) in [6.07, 6.45) is 3.64. The van der Waals surface area contributed by atoms with Gasteiger partial charge in [0, 0.05) is 0 Å². The molecule has 0 amide bonds. The van der Waals surface area contributed by atoms with Crippen LogP contribution < -0.4 is 5.32 Å². The molecule has 0 aliphatic rings. The van der Waals surface area contributed by atoms with Gasteiger partial charge in [-0.2, -0.15) is 0 Å². The Hall–Kier alpha value is -1.34. The highest BCUT2D eigenvalue weighted by atomic mass is 14.8. The molecule has 0 spiro atoms. The molecule has 2 aromatic carbocycles. The molecule has 0 bridgehead atoms. The lowest BCUT2D eigenvalue weighted by Crippen LogP contribution is -2.20. The summed E-state index contributed by atoms with van der Waals surface area (Å²) in [7, 11) is 2.03. The SMILES string of the molecule is CNCCC(C)(C)CCc1c(C)ccc2ccccc12. The van der Waals surface area contributed by atoms with Gasteiger partial charge in [-0.3, -0.25) is 0 Å². The summed E-state index contributed by atoms with van der Waals surface area (Å²) in [5.74, 6) is 0. The fraction of sp³-hybridized carbons (Fsp3) is 0.474. The van der Waals surface area contributed by atoms with E-state index in [9.17, 15) is 0 Å². The maximum absolute atomic E-state index is 3.26. The molecule has 108 valence electrons. The van der Waals surface area contributed by atoms with E-state index < -0.39 is 0 Å². The maximum atomic E-state index is 3.26. The second-order valence-corrected chi connectivity index (χ2v) is 6.60. The van der Waals surface area contributed by atoms with E-state index in [0.29, 0.717) is 5.41 Å². The van der Waals surface area contributed by atoms with Crippen LogP contribution in [0.5, 0.6) is 0 Å². The van der Waals surface area contributed by atoms with Gasteiger partial charge in [0.2, 0.25) is 0 Å². The maximum Gasteiger partial charge on any atom is -0.00468 e. The number of hydrogen-bond donors (Lipinski definition) is 1. The van der Waals surface area contributed by atoms with E-state index in [0.717, 1.165) is 6.54 Å². The molecule has 1 heteroatoms. The van der Waals surface area contributed by atoms with Gasteiger partial charge in [-0.1, -0.05) is 50.2 Å². The zero-order valence-corrected chi connectivity index (χ0v) is 13.3. The second-order valence-electron chi connectivity index (χ2n) is 6.60. The topological polar surface area (TPSA) is 12.0 Å². The van der Waals surface area contributed by atoms with Crippen LogP contribution in [0.15, 0.2) is 36.4 Å². The Labute approximate surface area is 123 Å². The summed E-state index contributed by atoms with van der Waals surface area (Å²) in [4.78, 5) is 0. The van der Waals surface area contributed by atoms with E-state index in [1.165, 1.54) is 41.2 Å². The molecular weight excluding hydrogens is 242 g/mol. The van der Waals surface area contributed by atoms with Crippen molar-refractivity contribution in [1.29, 1.82) is 0 Å². The molecule has 1 N–H and O–H groups in total. The Morgan fingerprint density at radius 1 is 1.00 bits per heavy atom. The minimum Gasteiger partial charge on any atom is -0.320 e. The quantitative estimate of drug-likeness (QED) is 0.800. The molecule has 2 rings (SSSR count). The molecule has 1 nitrogen and oxygen atoms in total. The lowest BCUT2D eigenvalue weighted by atomic mass is 9.82. The summed E-state index contributed by atoms with van der Waals surface area (Å²) in [6, 6.07) is 13.2. The van der Waals surface area contributed by atoms with Crippen LogP contribution in [0, 0.1) is 12.3 Å². The van der Waals surface area contributed by atoms with E-state index in [-0.39, 0.29) is 0 Å². The second kappa shape index (κ2) is 6.41. The van der Waals surface area contributed by atoms with Crippen molar-refractivity contribution in [3.8, 4) is 0 Å². The summed E-state index contributed by atoms with van der Waals surface area (Å²) in [5.41, 5.74) is 3.35. The molecule has 0 aromatic heterocycles. The van der Waals surface area contributed by atoms with Gasteiger partial charge in [0.1, 0.15) is 0 Å². The molecule has 0 aliphatic carbocycles. The lowest BCUT2D eigenvalue weighted by molar-refractivity contribution is 0.306. The number of nitrogens with one attached hydrogen (secondary N) is 1. The number of aryl methyl sites for hydroxylation is 2. The largest absolute Gasteiger partial charge is 0.320 e. The van der Waals surface area contributed by atoms with Crippen molar-refractivity contribution in [3.05, 3.63) is 47.5 Å². The van der Waals surface area contributed by atoms with E-state index >= 15 is 0 Å². The van der Waals surface area contributed by atoms with Gasteiger partial charge in [0.15, 0.2) is 0 Å². The van der Waals surface area contributed by atoms with Crippen LogP contribution in [0.1, 0.15) is 37.8 Å². The lowest BCUT2D eigenvalue weighted by Gasteiger charge is -2.25. The van der Waals surface area contributed by atoms with E-state index in [1.54, 1.807) is 0 Å². The van der Waals surface area contributed by atoms with Crippen LogP contribution in [0.3, 0.4) is 0 Å². The molecule has 0 radical (unpaired) electrons. The Kier molecular flexibility index (Phi) is 4.82. The third-order valence-electron chi connectivity index (χ3n) is 4.38. The van der Waals surface area contributed by atoms with Crippen molar-refractivity contribution in [2.75, 3.05) is 13.6 Å². The van der Waals surface area contributed by atoms with Crippen LogP contribution in [0.4, 0.5) is 0 Å². The number of benzene rings is 2. The Morgan fingerprint density at radius 2 is 1.75 bits per heavy atom. The average molecular weight is 269 g/mol. The molecule has 0 saturated heterocycles. The highest BCUT2D eigenvalue weighted by Gasteiger charge is 2.18. The predicted octanol–water partition coefficient (Wildman–Crippen LogP) is 4.72. The van der Waals surface area contributed by atoms with Gasteiger partial charge < -0.3 is 5.32 Å². The van der Waals surface area contributed by atoms with Crippen molar-refractivity contribution in [3.63, 3.8) is 0 Å². The van der Waals surface area contributed by atoms with Crippen LogP contribution in [0.25, 0.3) is 10.8 Å². The van der Waals surface area contributed by atoms with E-state index in [1.807, 2.05) is 7.05 Å². The molecular formula is C19H27N. The normalized spacial score (nSPS) is 12.0. The van der Waals surface area contributed by atoms with Gasteiger partial charge in [-0.15, -0.1) is 0 Å². The van der Waals surface area contributed by atoms with Crippen LogP contribution >= 0.6 is 0 Å². The number of hydrogen-bond acceptors (Lipinski definition) is 1. The van der Waals surface area contributed by atoms with Crippen LogP contribution in [-0.2, 0) is 6.42 Å². The van der Waals surface area contributed by atoms with Crippen LogP contribution in [0.2, 0.25) is 0 Å². The highest BCUT2D eigenvalue weighted by molar-refractivity contribution is 5.86. The van der Waals surface area contributed by atoms with Crippen molar-refractivity contribution in [1.82, 2.24) is 5.32 Å². The van der Waals surface area contributed by atoms with Gasteiger partial charge in [0.05, 0.1) is 0 Å². The van der Waals surface area contributed by atoms with Crippen molar-refractivity contribution in [2.45, 2.75) is 40.0 Å². The molecule has 20 heavy (non-hydrogen) atoms. The third-order valence-corrected chi connectivity index (χ3v) is 4.38. The predicted molar refractivity (Wildman–Crippen MR) is 89.3 cm³/mol. The molecule has 2 aromatic rings. The first-order valence-corrected chi connectivity index (χ1v) is 7.65. The summed E-state index contributed by atoms with van der Waals surface area (Å²) in [6.45, 7) is 8.10. The summed E-state index contributed by atoms with van der Waals surface area (Å²) in [5, 5.41) is 6.05. The van der Waals surface area contributed by atoms with Gasteiger partial charge in [0.25, 0.3) is 0 Å². The average Bonchev–Trinajstić information content (AvgIpc) is 2.44. The Morgan fingerprint density at radius 3 is 2.50 bits per heavy atom. The number of fused-ring (bicyclic) bond motifs is 1. The molecule has 0 fully saturated rings. The minimum absolute atomic E-state index is 0.395. The number of rotatable bonds is 6. The first kappa shape index (κ1) is 15.1. The van der Waals surface area contributed by atoms with E-state index in [2.05, 4.69) is 62.5 Å². The zero-order valence-electron chi connectivity index (χ0n) is 13.3. The Bertz CT molecular complexity index is 569. The monoisotopic (exact) mass is 269 g/mol. The summed E-state index contributed by atoms with van der Waals surface area (Å²) >= 11 is 0. The fourth-order valence-electron chi connectivity index (χ4n) is 2.83. The first-order chi connectivity index (χ1) is 9.53. The third kappa shape index (κ3) is 3.61. The van der Waals surface area contributed by atoms with Gasteiger partial charge in [-0.25, -0.2) is 0 Å². The standard InChI is InChI=1S/C19H27N/c1-15-9-10-16-7-5-6-8-18(16)17(15)11-12-19(2,3)13-14-20-4/h5-10,20H,11-14H2,1-4H3. The van der Waals surface area contributed by atoms with Crippen LogP contribution in [-0.4, -0.2) is 13.6 Å². The molecule has 0 atom stereocenters. The molecule has 0 aliphatic heterocycles. The van der Waals surface area contributed by atoms with E-state index in [4.69, 9.17) is 0 Å². The van der Waals surface area contributed by atoms with Crippen molar-refractivity contribution < 1.29 is 0 Å². The fourth-order valence-corrected chi connectivity index (χ4v) is 2.83. The van der Waals surface area contributed by atoms with Gasteiger partial charge >= 0.3 is 0 Å². The first-order valence-electron chi connectivity index (χ1n) is 7.65. The summed E-state index contributed by atoms with van der Waals surface area (Å²) < 4.78 is 0. The molecule has 0 heterocycles. The zero-order chi connectivity index (χ0) is 14.6. The molecule has 0 unspecified atom stereocenters. The smallest absolute Gasteiger partial charge is 0.00468 e. The van der Waals surface area contributed by atoms with Crippen molar-refractivity contribution in [2.24, 2.45) is 5.41 Å². The van der Waals surface area contributed by atoms with Crippen molar-refractivity contribution >= 4 is 10.8 Å². The minimum atomic E-state index is 0.395. The van der Waals surface area contributed by atoms with Gasteiger partial charge in [-0.05, 0) is 67.1 Å². The highest BCUT2D eigenvalue weighted by Crippen LogP contribution is 2.30. The Balaban J connectivity index is 2.19.